The summed E-state index contributed by atoms with van der Waals surface area (Å²) in [5.74, 6) is -0.815. The molecule has 1 heterocycles. The summed E-state index contributed by atoms with van der Waals surface area (Å²) in [7, 11) is 0. The maximum Gasteiger partial charge on any atom is 0.257 e. The van der Waals surface area contributed by atoms with Gasteiger partial charge in [-0.1, -0.05) is 42.5 Å². The van der Waals surface area contributed by atoms with E-state index in [0.29, 0.717) is 10.7 Å². The molecule has 0 radical (unpaired) electrons. The Hall–Kier alpha value is -3.16. The van der Waals surface area contributed by atoms with Gasteiger partial charge in [-0.15, -0.1) is 11.3 Å². The summed E-state index contributed by atoms with van der Waals surface area (Å²) in [4.78, 5) is 16.7. The van der Waals surface area contributed by atoms with Gasteiger partial charge in [-0.05, 0) is 47.3 Å². The van der Waals surface area contributed by atoms with E-state index in [9.17, 15) is 9.18 Å². The second-order valence-corrected chi connectivity index (χ2v) is 7.25. The van der Waals surface area contributed by atoms with E-state index in [1.54, 1.807) is 0 Å². The van der Waals surface area contributed by atoms with Gasteiger partial charge in [-0.3, -0.25) is 10.1 Å². The van der Waals surface area contributed by atoms with Crippen LogP contribution in [0.4, 0.5) is 9.52 Å². The van der Waals surface area contributed by atoms with Crippen molar-refractivity contribution in [2.24, 2.45) is 0 Å². The molecule has 2 N–H and O–H groups in total. The van der Waals surface area contributed by atoms with Crippen molar-refractivity contribution in [3.8, 4) is 11.3 Å². The van der Waals surface area contributed by atoms with E-state index >= 15 is 0 Å². The number of anilines is 1. The Bertz CT molecular complexity index is 1170. The molecule has 0 aliphatic heterocycles. The second-order valence-electron chi connectivity index (χ2n) is 5.98. The number of halogens is 1. The minimum absolute atomic E-state index is 0.133. The van der Waals surface area contributed by atoms with E-state index in [-0.39, 0.29) is 5.11 Å². The van der Waals surface area contributed by atoms with Crippen molar-refractivity contribution in [1.29, 1.82) is 0 Å². The van der Waals surface area contributed by atoms with Gasteiger partial charge in [-0.25, -0.2) is 9.37 Å². The minimum atomic E-state index is -0.414. The maximum absolute atomic E-state index is 13.0. The molecular formula is C21H14FN3OS2. The minimum Gasteiger partial charge on any atom is -0.308 e. The standard InChI is InChI=1S/C21H14FN3OS2/c22-15-10-8-14(9-11-15)19(26)24-20(27)25-21-23-18(12-28-21)17-7-3-5-13-4-1-2-6-16(13)17/h1-12H,(H2,23,24,25,26,27). The zero-order valence-corrected chi connectivity index (χ0v) is 16.1. The van der Waals surface area contributed by atoms with Crippen LogP contribution in [0.3, 0.4) is 0 Å². The highest BCUT2D eigenvalue weighted by Crippen LogP contribution is 2.30. The van der Waals surface area contributed by atoms with Gasteiger partial charge in [0, 0.05) is 16.5 Å². The summed E-state index contributed by atoms with van der Waals surface area (Å²) >= 11 is 6.59. The molecule has 1 amide bonds. The van der Waals surface area contributed by atoms with Crippen molar-refractivity contribution >= 4 is 50.5 Å². The molecule has 4 aromatic rings. The van der Waals surface area contributed by atoms with Crippen molar-refractivity contribution in [1.82, 2.24) is 10.3 Å². The summed E-state index contributed by atoms with van der Waals surface area (Å²) < 4.78 is 13.0. The summed E-state index contributed by atoms with van der Waals surface area (Å²) in [5, 5.41) is 10.4. The molecule has 0 aliphatic carbocycles. The van der Waals surface area contributed by atoms with Gasteiger partial charge in [0.05, 0.1) is 5.69 Å². The summed E-state index contributed by atoms with van der Waals surface area (Å²) in [6, 6.07) is 19.4. The number of hydrogen-bond acceptors (Lipinski definition) is 4. The van der Waals surface area contributed by atoms with E-state index in [1.165, 1.54) is 35.6 Å². The van der Waals surface area contributed by atoms with Crippen molar-refractivity contribution < 1.29 is 9.18 Å². The molecule has 4 rings (SSSR count). The number of benzene rings is 3. The highest BCUT2D eigenvalue weighted by molar-refractivity contribution is 7.80. The first kappa shape index (κ1) is 18.2. The summed E-state index contributed by atoms with van der Waals surface area (Å²) in [6.07, 6.45) is 0. The average Bonchev–Trinajstić information content (AvgIpc) is 3.16. The Morgan fingerprint density at radius 2 is 1.75 bits per heavy atom. The number of thiocarbonyl (C=S) groups is 1. The van der Waals surface area contributed by atoms with Gasteiger partial charge >= 0.3 is 0 Å². The van der Waals surface area contributed by atoms with Gasteiger partial charge in [0.15, 0.2) is 10.2 Å². The third-order valence-electron chi connectivity index (χ3n) is 4.12. The number of carbonyl (C=O) groups is 1. The third-order valence-corrected chi connectivity index (χ3v) is 5.09. The van der Waals surface area contributed by atoms with Gasteiger partial charge in [0.2, 0.25) is 0 Å². The number of thiazole rings is 1. The molecule has 0 fully saturated rings. The zero-order valence-electron chi connectivity index (χ0n) is 14.5. The number of nitrogens with zero attached hydrogens (tertiary/aromatic N) is 1. The first-order valence-corrected chi connectivity index (χ1v) is 9.70. The highest BCUT2D eigenvalue weighted by atomic mass is 32.1. The van der Waals surface area contributed by atoms with Crippen LogP contribution in [0, 0.1) is 5.82 Å². The Kier molecular flexibility index (Phi) is 5.10. The van der Waals surface area contributed by atoms with Crippen molar-refractivity contribution in [2.75, 3.05) is 5.32 Å². The van der Waals surface area contributed by atoms with Crippen LogP contribution < -0.4 is 10.6 Å². The second kappa shape index (κ2) is 7.84. The SMILES string of the molecule is O=C(NC(=S)Nc1nc(-c2cccc3ccccc23)cs1)c1ccc(F)cc1. The van der Waals surface area contributed by atoms with Crippen LogP contribution in [-0.4, -0.2) is 16.0 Å². The quantitative estimate of drug-likeness (QED) is 0.457. The molecule has 0 bridgehead atoms. The molecule has 1 aromatic heterocycles. The third kappa shape index (κ3) is 3.90. The van der Waals surface area contributed by atoms with E-state index in [1.807, 2.05) is 29.6 Å². The van der Waals surface area contributed by atoms with E-state index in [2.05, 4.69) is 33.8 Å². The van der Waals surface area contributed by atoms with Crippen molar-refractivity contribution in [3.63, 3.8) is 0 Å². The number of fused-ring (bicyclic) bond motifs is 1. The van der Waals surface area contributed by atoms with Gasteiger partial charge in [0.1, 0.15) is 5.82 Å². The van der Waals surface area contributed by atoms with Crippen LogP contribution in [0.15, 0.2) is 72.1 Å². The Balaban J connectivity index is 1.48. The average molecular weight is 407 g/mol. The lowest BCUT2D eigenvalue weighted by molar-refractivity contribution is 0.0977. The van der Waals surface area contributed by atoms with Crippen LogP contribution in [0.5, 0.6) is 0 Å². The van der Waals surface area contributed by atoms with E-state index < -0.39 is 11.7 Å². The van der Waals surface area contributed by atoms with Crippen LogP contribution in [0.2, 0.25) is 0 Å². The van der Waals surface area contributed by atoms with Crippen LogP contribution in [-0.2, 0) is 0 Å². The number of hydrogen-bond donors (Lipinski definition) is 2. The van der Waals surface area contributed by atoms with Crippen LogP contribution in [0.25, 0.3) is 22.0 Å². The van der Waals surface area contributed by atoms with Crippen molar-refractivity contribution in [3.05, 3.63) is 83.5 Å². The highest BCUT2D eigenvalue weighted by Gasteiger charge is 2.11. The normalized spacial score (nSPS) is 10.6. The summed E-state index contributed by atoms with van der Waals surface area (Å²) in [6.45, 7) is 0. The van der Waals surface area contributed by atoms with Crippen molar-refractivity contribution in [2.45, 2.75) is 0 Å². The number of amides is 1. The molecule has 138 valence electrons. The Morgan fingerprint density at radius 1 is 1.00 bits per heavy atom. The number of rotatable bonds is 3. The molecule has 3 aromatic carbocycles. The van der Waals surface area contributed by atoms with Crippen LogP contribution >= 0.6 is 23.6 Å². The predicted octanol–water partition coefficient (Wildman–Crippen LogP) is 5.23. The lowest BCUT2D eigenvalue weighted by Crippen LogP contribution is -2.34. The topological polar surface area (TPSA) is 54.0 Å². The molecule has 0 saturated carbocycles. The lowest BCUT2D eigenvalue weighted by Gasteiger charge is -2.07. The number of aromatic nitrogens is 1. The number of carbonyl (C=O) groups excluding carboxylic acids is 1. The van der Waals surface area contributed by atoms with Crippen LogP contribution in [0.1, 0.15) is 10.4 Å². The fourth-order valence-corrected chi connectivity index (χ4v) is 3.78. The van der Waals surface area contributed by atoms with E-state index in [4.69, 9.17) is 12.2 Å². The fraction of sp³-hybridized carbons (Fsp3) is 0. The smallest absolute Gasteiger partial charge is 0.257 e. The molecule has 0 aliphatic rings. The maximum atomic E-state index is 13.0. The molecule has 7 heteroatoms. The first-order valence-electron chi connectivity index (χ1n) is 8.42. The fourth-order valence-electron chi connectivity index (χ4n) is 2.81. The van der Waals surface area contributed by atoms with E-state index in [0.717, 1.165) is 22.0 Å². The molecule has 0 saturated heterocycles. The first-order chi connectivity index (χ1) is 13.6. The zero-order chi connectivity index (χ0) is 19.5. The molecular weight excluding hydrogens is 393 g/mol. The monoisotopic (exact) mass is 407 g/mol. The number of nitrogens with one attached hydrogen (secondary N) is 2. The molecule has 4 nitrogen and oxygen atoms in total. The Labute approximate surface area is 170 Å². The molecule has 0 atom stereocenters. The Morgan fingerprint density at radius 3 is 2.57 bits per heavy atom. The summed E-state index contributed by atoms with van der Waals surface area (Å²) in [5.41, 5.74) is 2.18. The molecule has 0 spiro atoms. The van der Waals surface area contributed by atoms with Gasteiger partial charge < -0.3 is 5.32 Å². The van der Waals surface area contributed by atoms with Gasteiger partial charge in [0.25, 0.3) is 5.91 Å². The molecule has 0 unspecified atom stereocenters. The largest absolute Gasteiger partial charge is 0.308 e. The lowest BCUT2D eigenvalue weighted by atomic mass is 10.0. The van der Waals surface area contributed by atoms with Gasteiger partial charge in [-0.2, -0.15) is 0 Å². The molecule has 28 heavy (non-hydrogen) atoms. The predicted molar refractivity (Wildman–Crippen MR) is 115 cm³/mol.